The second kappa shape index (κ2) is 6.02. The van der Waals surface area contributed by atoms with E-state index in [0.29, 0.717) is 5.69 Å². The summed E-state index contributed by atoms with van der Waals surface area (Å²) < 4.78 is 4.58. The first-order chi connectivity index (χ1) is 13.1. The Balaban J connectivity index is 1.58. The average molecular weight is 378 g/mol. The summed E-state index contributed by atoms with van der Waals surface area (Å²) in [6.45, 7) is 1.92. The lowest BCUT2D eigenvalue weighted by Crippen LogP contribution is -2.17. The quantitative estimate of drug-likeness (QED) is 0.594. The van der Waals surface area contributed by atoms with Gasteiger partial charge in [0, 0.05) is 18.3 Å². The van der Waals surface area contributed by atoms with E-state index >= 15 is 0 Å². The molecule has 0 bridgehead atoms. The van der Waals surface area contributed by atoms with E-state index in [1.54, 1.807) is 26.8 Å². The Hall–Kier alpha value is -3.00. The molecule has 0 unspecified atom stereocenters. The number of hydrogen-bond donors (Lipinski definition) is 1. The predicted octanol–water partition coefficient (Wildman–Crippen LogP) is 3.26. The summed E-state index contributed by atoms with van der Waals surface area (Å²) in [4.78, 5) is 17.5. The largest absolute Gasteiger partial charge is 0.305 e. The Kier molecular flexibility index (Phi) is 3.61. The zero-order chi connectivity index (χ0) is 18.5. The molecule has 5 rings (SSSR count). The van der Waals surface area contributed by atoms with Crippen LogP contribution in [0.1, 0.15) is 33.9 Å². The topological polar surface area (TPSA) is 77.6 Å². The summed E-state index contributed by atoms with van der Waals surface area (Å²) in [6, 6.07) is 9.79. The number of aromatic nitrogens is 5. The van der Waals surface area contributed by atoms with Crippen molar-refractivity contribution in [3.8, 4) is 5.13 Å². The molecule has 3 heterocycles. The summed E-state index contributed by atoms with van der Waals surface area (Å²) in [5.74, 6) is 0.491. The first-order valence-corrected chi connectivity index (χ1v) is 9.70. The van der Waals surface area contributed by atoms with Crippen molar-refractivity contribution in [3.05, 3.63) is 53.0 Å². The van der Waals surface area contributed by atoms with E-state index in [1.807, 2.05) is 38.2 Å². The second-order valence-electron chi connectivity index (χ2n) is 6.75. The molecule has 27 heavy (non-hydrogen) atoms. The number of para-hydroxylation sites is 1. The molecule has 1 amide bonds. The maximum Gasteiger partial charge on any atom is 0.277 e. The Morgan fingerprint density at radius 1 is 1.22 bits per heavy atom. The van der Waals surface area contributed by atoms with E-state index in [-0.39, 0.29) is 5.91 Å². The van der Waals surface area contributed by atoms with Crippen LogP contribution in [0.3, 0.4) is 0 Å². The van der Waals surface area contributed by atoms with Crippen molar-refractivity contribution in [2.45, 2.75) is 26.2 Å². The lowest BCUT2D eigenvalue weighted by molar-refractivity contribution is 0.102. The number of thiazole rings is 1. The zero-order valence-corrected chi connectivity index (χ0v) is 15.9. The highest BCUT2D eigenvalue weighted by Gasteiger charge is 2.26. The van der Waals surface area contributed by atoms with E-state index in [9.17, 15) is 4.79 Å². The molecule has 1 aromatic carbocycles. The van der Waals surface area contributed by atoms with Crippen LogP contribution in [0.15, 0.2) is 30.3 Å². The van der Waals surface area contributed by atoms with Crippen molar-refractivity contribution < 1.29 is 4.79 Å². The summed E-state index contributed by atoms with van der Waals surface area (Å²) in [7, 11) is 1.83. The molecule has 1 N–H and O–H groups in total. The summed E-state index contributed by atoms with van der Waals surface area (Å²) in [5, 5.41) is 12.8. The van der Waals surface area contributed by atoms with Gasteiger partial charge in [0.2, 0.25) is 5.13 Å². The van der Waals surface area contributed by atoms with Gasteiger partial charge in [-0.05, 0) is 44.4 Å². The molecule has 0 saturated carbocycles. The molecule has 7 nitrogen and oxygen atoms in total. The smallest absolute Gasteiger partial charge is 0.277 e. The second-order valence-corrected chi connectivity index (χ2v) is 7.76. The van der Waals surface area contributed by atoms with Crippen molar-refractivity contribution in [2.75, 3.05) is 5.32 Å². The molecule has 1 aliphatic carbocycles. The first kappa shape index (κ1) is 16.2. The van der Waals surface area contributed by atoms with Crippen molar-refractivity contribution in [2.24, 2.45) is 7.05 Å². The van der Waals surface area contributed by atoms with Crippen LogP contribution in [0.25, 0.3) is 15.3 Å². The number of nitrogens with zero attached hydrogens (tertiary/aromatic N) is 5. The number of fused-ring (bicyclic) bond motifs is 2. The van der Waals surface area contributed by atoms with E-state index < -0.39 is 0 Å². The van der Waals surface area contributed by atoms with Crippen molar-refractivity contribution in [1.29, 1.82) is 0 Å². The van der Waals surface area contributed by atoms with Crippen LogP contribution in [0.5, 0.6) is 0 Å². The van der Waals surface area contributed by atoms with Crippen molar-refractivity contribution in [1.82, 2.24) is 24.5 Å². The molecule has 4 aromatic rings. The Morgan fingerprint density at radius 3 is 2.85 bits per heavy atom. The molecule has 0 fully saturated rings. The normalized spacial score (nSPS) is 13.3. The molecule has 1 aliphatic rings. The molecule has 0 saturated heterocycles. The standard InChI is InChI=1S/C19H18N6OS/c1-11-10-15(22-24(11)2)18(26)21-17-12-6-5-8-13(12)23-25(17)19-20-14-7-3-4-9-16(14)27-19/h3-4,7,9-10H,5-6,8H2,1-2H3,(H,21,26). The minimum Gasteiger partial charge on any atom is -0.305 e. The third kappa shape index (κ3) is 2.64. The molecular weight excluding hydrogens is 360 g/mol. The Morgan fingerprint density at radius 2 is 2.07 bits per heavy atom. The van der Waals surface area contributed by atoms with Gasteiger partial charge in [-0.2, -0.15) is 14.9 Å². The van der Waals surface area contributed by atoms with Crippen LogP contribution < -0.4 is 5.32 Å². The molecule has 136 valence electrons. The van der Waals surface area contributed by atoms with Gasteiger partial charge in [-0.25, -0.2) is 4.98 Å². The highest BCUT2D eigenvalue weighted by Crippen LogP contribution is 2.33. The minimum absolute atomic E-state index is 0.226. The highest BCUT2D eigenvalue weighted by atomic mass is 32.1. The molecule has 8 heteroatoms. The van der Waals surface area contributed by atoms with Gasteiger partial charge in [-0.3, -0.25) is 9.48 Å². The van der Waals surface area contributed by atoms with Gasteiger partial charge in [-0.15, -0.1) is 0 Å². The number of carbonyl (C=O) groups is 1. The molecule has 0 aliphatic heterocycles. The van der Waals surface area contributed by atoms with Crippen molar-refractivity contribution >= 4 is 33.3 Å². The average Bonchev–Trinajstić information content (AvgIpc) is 3.40. The summed E-state index contributed by atoms with van der Waals surface area (Å²) in [5.41, 5.74) is 4.42. The first-order valence-electron chi connectivity index (χ1n) is 8.89. The van der Waals surface area contributed by atoms with Gasteiger partial charge in [0.15, 0.2) is 5.69 Å². The van der Waals surface area contributed by atoms with Gasteiger partial charge in [0.25, 0.3) is 5.91 Å². The maximum absolute atomic E-state index is 12.8. The Bertz CT molecular complexity index is 1130. The highest BCUT2D eigenvalue weighted by molar-refractivity contribution is 7.20. The minimum atomic E-state index is -0.226. The van der Waals surface area contributed by atoms with Gasteiger partial charge >= 0.3 is 0 Å². The number of aryl methyl sites for hydroxylation is 3. The van der Waals surface area contributed by atoms with Gasteiger partial charge < -0.3 is 5.32 Å². The molecule has 3 aromatic heterocycles. The van der Waals surface area contributed by atoms with Crippen molar-refractivity contribution in [3.63, 3.8) is 0 Å². The number of carbonyl (C=O) groups excluding carboxylic acids is 1. The van der Waals surface area contributed by atoms with Crippen LogP contribution in [0, 0.1) is 6.92 Å². The maximum atomic E-state index is 12.8. The molecule has 0 radical (unpaired) electrons. The summed E-state index contributed by atoms with van der Waals surface area (Å²) >= 11 is 1.57. The Labute approximate surface area is 159 Å². The number of anilines is 1. The SMILES string of the molecule is Cc1cc(C(=O)Nc2c3c(nn2-c2nc4ccccc4s2)CCC3)nn1C. The van der Waals surface area contributed by atoms with Gasteiger partial charge in [0.05, 0.1) is 15.9 Å². The lowest BCUT2D eigenvalue weighted by atomic mass is 10.2. The van der Waals surface area contributed by atoms with Gasteiger partial charge in [-0.1, -0.05) is 23.5 Å². The van der Waals surface area contributed by atoms with E-state index in [2.05, 4.69) is 10.4 Å². The van der Waals surface area contributed by atoms with Crippen LogP contribution in [-0.4, -0.2) is 30.5 Å². The van der Waals surface area contributed by atoms with Crippen LogP contribution in [0.4, 0.5) is 5.82 Å². The van der Waals surface area contributed by atoms with Crippen LogP contribution in [-0.2, 0) is 19.9 Å². The number of benzene rings is 1. The zero-order valence-electron chi connectivity index (χ0n) is 15.1. The monoisotopic (exact) mass is 378 g/mol. The fraction of sp³-hybridized carbons (Fsp3) is 0.263. The van der Waals surface area contributed by atoms with E-state index in [0.717, 1.165) is 57.4 Å². The summed E-state index contributed by atoms with van der Waals surface area (Å²) in [6.07, 6.45) is 2.90. The van der Waals surface area contributed by atoms with E-state index in [4.69, 9.17) is 10.1 Å². The fourth-order valence-corrected chi connectivity index (χ4v) is 4.38. The molecule has 0 atom stereocenters. The third-order valence-corrected chi connectivity index (χ3v) is 5.96. The predicted molar refractivity (Wildman–Crippen MR) is 105 cm³/mol. The number of hydrogen-bond acceptors (Lipinski definition) is 5. The number of rotatable bonds is 3. The fourth-order valence-electron chi connectivity index (χ4n) is 3.45. The van der Waals surface area contributed by atoms with Gasteiger partial charge in [0.1, 0.15) is 5.82 Å². The third-order valence-electron chi connectivity index (χ3n) is 4.95. The van der Waals surface area contributed by atoms with E-state index in [1.165, 1.54) is 0 Å². The van der Waals surface area contributed by atoms with Crippen LogP contribution >= 0.6 is 11.3 Å². The number of amides is 1. The van der Waals surface area contributed by atoms with Crippen LogP contribution in [0.2, 0.25) is 0 Å². The number of nitrogens with one attached hydrogen (secondary N) is 1. The molecular formula is C19H18N6OS. The molecule has 0 spiro atoms. The lowest BCUT2D eigenvalue weighted by Gasteiger charge is -2.07.